The third-order valence-electron chi connectivity index (χ3n) is 3.40. The van der Waals surface area contributed by atoms with Gasteiger partial charge in [0.1, 0.15) is 11.5 Å². The topological polar surface area (TPSA) is 42.2 Å². The van der Waals surface area contributed by atoms with Crippen molar-refractivity contribution in [3.05, 3.63) is 23.7 Å². The lowest BCUT2D eigenvalue weighted by molar-refractivity contribution is 0.458. The van der Waals surface area contributed by atoms with Crippen molar-refractivity contribution in [1.82, 2.24) is 5.32 Å². The van der Waals surface area contributed by atoms with Crippen LogP contribution < -0.4 is 5.32 Å². The zero-order valence-electron chi connectivity index (χ0n) is 11.1. The Morgan fingerprint density at radius 3 is 2.78 bits per heavy atom. The Kier molecular flexibility index (Phi) is 5.45. The highest BCUT2D eigenvalue weighted by atomic mass is 32.2. The molecule has 1 aromatic heterocycles. The van der Waals surface area contributed by atoms with Gasteiger partial charge in [0, 0.05) is 16.0 Å². The molecule has 1 aliphatic rings. The maximum atomic E-state index is 12.1. The predicted molar refractivity (Wildman–Crippen MR) is 74.8 cm³/mol. The Morgan fingerprint density at radius 2 is 2.06 bits per heavy atom. The molecule has 0 bridgehead atoms. The maximum Gasteiger partial charge on any atom is 0.118 e. The summed E-state index contributed by atoms with van der Waals surface area (Å²) in [5.41, 5.74) is 0. The van der Waals surface area contributed by atoms with Gasteiger partial charge < -0.3 is 9.73 Å². The first-order valence-electron chi connectivity index (χ1n) is 6.95. The summed E-state index contributed by atoms with van der Waals surface area (Å²) in [7, 11) is -0.754. The van der Waals surface area contributed by atoms with E-state index in [1.807, 2.05) is 12.1 Å². The van der Waals surface area contributed by atoms with Gasteiger partial charge in [-0.05, 0) is 37.9 Å². The smallest absolute Gasteiger partial charge is 0.118 e. The first-order chi connectivity index (χ1) is 8.79. The third-order valence-corrected chi connectivity index (χ3v) is 5.19. The van der Waals surface area contributed by atoms with Crippen molar-refractivity contribution >= 4 is 10.8 Å². The minimum Gasteiger partial charge on any atom is -0.464 e. The van der Waals surface area contributed by atoms with Gasteiger partial charge in [0.05, 0.1) is 12.3 Å². The second-order valence-corrected chi connectivity index (χ2v) is 6.69. The van der Waals surface area contributed by atoms with Crippen LogP contribution in [0, 0.1) is 0 Å². The number of furan rings is 1. The van der Waals surface area contributed by atoms with Crippen molar-refractivity contribution in [3.8, 4) is 0 Å². The maximum absolute atomic E-state index is 12.1. The molecule has 0 aromatic carbocycles. The zero-order valence-corrected chi connectivity index (χ0v) is 11.9. The minimum absolute atomic E-state index is 0.400. The van der Waals surface area contributed by atoms with Crippen LogP contribution in [0.1, 0.15) is 50.5 Å². The van der Waals surface area contributed by atoms with Crippen LogP contribution in [-0.2, 0) is 23.1 Å². The van der Waals surface area contributed by atoms with Crippen LogP contribution in [0.25, 0.3) is 0 Å². The molecule has 1 unspecified atom stereocenters. The van der Waals surface area contributed by atoms with E-state index in [1.54, 1.807) is 0 Å². The van der Waals surface area contributed by atoms with Crippen LogP contribution in [0.3, 0.4) is 0 Å². The van der Waals surface area contributed by atoms with Gasteiger partial charge in [-0.25, -0.2) is 0 Å². The molecule has 18 heavy (non-hydrogen) atoms. The molecule has 0 radical (unpaired) electrons. The van der Waals surface area contributed by atoms with Crippen molar-refractivity contribution in [2.24, 2.45) is 0 Å². The minimum atomic E-state index is -0.754. The van der Waals surface area contributed by atoms with Crippen LogP contribution >= 0.6 is 0 Å². The molecule has 1 fully saturated rings. The van der Waals surface area contributed by atoms with Crippen LogP contribution in [0.15, 0.2) is 16.5 Å². The molecule has 1 aromatic rings. The van der Waals surface area contributed by atoms with Gasteiger partial charge >= 0.3 is 0 Å². The molecule has 0 saturated heterocycles. The van der Waals surface area contributed by atoms with Gasteiger partial charge in [-0.2, -0.15) is 0 Å². The highest BCUT2D eigenvalue weighted by Gasteiger charge is 2.22. The van der Waals surface area contributed by atoms with Gasteiger partial charge in [-0.15, -0.1) is 0 Å². The normalized spacial score (nSPS) is 18.3. The van der Waals surface area contributed by atoms with E-state index in [0.29, 0.717) is 11.0 Å². The molecule has 1 heterocycles. The molecule has 102 valence electrons. The van der Waals surface area contributed by atoms with Gasteiger partial charge in [-0.1, -0.05) is 19.8 Å². The molecule has 1 atom stereocenters. The Hall–Kier alpha value is -0.610. The van der Waals surface area contributed by atoms with Gasteiger partial charge in [-0.3, -0.25) is 4.21 Å². The lowest BCUT2D eigenvalue weighted by Gasteiger charge is -2.07. The fourth-order valence-corrected chi connectivity index (χ4v) is 3.92. The number of nitrogens with one attached hydrogen (secondary N) is 1. The summed E-state index contributed by atoms with van der Waals surface area (Å²) in [5.74, 6) is 2.40. The van der Waals surface area contributed by atoms with Crippen LogP contribution in [0.4, 0.5) is 0 Å². The summed E-state index contributed by atoms with van der Waals surface area (Å²) >= 11 is 0. The Morgan fingerprint density at radius 1 is 1.33 bits per heavy atom. The summed E-state index contributed by atoms with van der Waals surface area (Å²) in [6.45, 7) is 3.92. The lowest BCUT2D eigenvalue weighted by Crippen LogP contribution is -2.13. The lowest BCUT2D eigenvalue weighted by atomic mass is 10.4. The number of rotatable bonds is 7. The van der Waals surface area contributed by atoms with Crippen molar-refractivity contribution in [2.45, 2.75) is 56.6 Å². The van der Waals surface area contributed by atoms with Gasteiger partial charge in [0.25, 0.3) is 0 Å². The Labute approximate surface area is 112 Å². The van der Waals surface area contributed by atoms with E-state index >= 15 is 0 Å². The summed E-state index contributed by atoms with van der Waals surface area (Å²) in [4.78, 5) is 0. The predicted octanol–water partition coefficient (Wildman–Crippen LogP) is 2.97. The molecule has 2 rings (SSSR count). The average molecular weight is 269 g/mol. The molecule has 0 amide bonds. The Balaban J connectivity index is 1.80. The van der Waals surface area contributed by atoms with Gasteiger partial charge in [0.15, 0.2) is 0 Å². The SMILES string of the molecule is CCCNCc1ccc(CS(=O)C2CCCC2)o1. The number of hydrogen-bond donors (Lipinski definition) is 1. The van der Waals surface area contributed by atoms with Gasteiger partial charge in [0.2, 0.25) is 0 Å². The van der Waals surface area contributed by atoms with Crippen molar-refractivity contribution in [2.75, 3.05) is 6.54 Å². The van der Waals surface area contributed by atoms with Crippen LogP contribution in [0.2, 0.25) is 0 Å². The molecule has 1 aliphatic carbocycles. The fraction of sp³-hybridized carbons (Fsp3) is 0.714. The highest BCUT2D eigenvalue weighted by molar-refractivity contribution is 7.84. The molecule has 0 spiro atoms. The second kappa shape index (κ2) is 7.10. The third kappa shape index (κ3) is 3.95. The number of hydrogen-bond acceptors (Lipinski definition) is 3. The average Bonchev–Trinajstić information content (AvgIpc) is 3.00. The largest absolute Gasteiger partial charge is 0.464 e. The van der Waals surface area contributed by atoms with E-state index in [0.717, 1.165) is 43.9 Å². The monoisotopic (exact) mass is 269 g/mol. The van der Waals surface area contributed by atoms with E-state index in [1.165, 1.54) is 12.8 Å². The summed E-state index contributed by atoms with van der Waals surface area (Å²) in [6.07, 6.45) is 5.84. The van der Waals surface area contributed by atoms with E-state index in [9.17, 15) is 4.21 Å². The highest BCUT2D eigenvalue weighted by Crippen LogP contribution is 2.25. The Bertz CT molecular complexity index is 383. The van der Waals surface area contributed by atoms with E-state index in [4.69, 9.17) is 4.42 Å². The molecule has 1 N–H and O–H groups in total. The van der Waals surface area contributed by atoms with Crippen molar-refractivity contribution in [1.29, 1.82) is 0 Å². The zero-order chi connectivity index (χ0) is 12.8. The molecular formula is C14H23NO2S. The molecule has 3 nitrogen and oxygen atoms in total. The summed E-state index contributed by atoms with van der Waals surface area (Å²) < 4.78 is 17.8. The summed E-state index contributed by atoms with van der Waals surface area (Å²) in [6, 6.07) is 3.96. The molecular weight excluding hydrogens is 246 g/mol. The van der Waals surface area contributed by atoms with E-state index in [2.05, 4.69) is 12.2 Å². The molecule has 1 saturated carbocycles. The standard InChI is InChI=1S/C14H23NO2S/c1-2-9-15-10-12-7-8-13(17-12)11-18(16)14-5-3-4-6-14/h7-8,14-15H,2-6,9-11H2,1H3. The van der Waals surface area contributed by atoms with Crippen LogP contribution in [0.5, 0.6) is 0 Å². The van der Waals surface area contributed by atoms with Crippen molar-refractivity contribution in [3.63, 3.8) is 0 Å². The first-order valence-corrected chi connectivity index (χ1v) is 8.33. The molecule has 0 aliphatic heterocycles. The quantitative estimate of drug-likeness (QED) is 0.774. The van der Waals surface area contributed by atoms with E-state index in [-0.39, 0.29) is 0 Å². The fourth-order valence-electron chi connectivity index (χ4n) is 2.39. The van der Waals surface area contributed by atoms with Crippen LogP contribution in [-0.4, -0.2) is 16.0 Å². The summed E-state index contributed by atoms with van der Waals surface area (Å²) in [5, 5.41) is 3.70. The van der Waals surface area contributed by atoms with Crippen molar-refractivity contribution < 1.29 is 8.63 Å². The molecule has 4 heteroatoms. The second-order valence-electron chi connectivity index (χ2n) is 4.98. The van der Waals surface area contributed by atoms with E-state index < -0.39 is 10.8 Å². The first kappa shape index (κ1) is 13.8.